The van der Waals surface area contributed by atoms with Gasteiger partial charge in [-0.05, 0) is 38.0 Å². The van der Waals surface area contributed by atoms with Crippen molar-refractivity contribution in [2.45, 2.75) is 26.8 Å². The molecule has 0 unspecified atom stereocenters. The van der Waals surface area contributed by atoms with E-state index in [4.69, 9.17) is 16.3 Å². The molecule has 0 aliphatic carbocycles. The molecular weight excluding hydrogens is 356 g/mol. The third-order valence-corrected chi connectivity index (χ3v) is 4.41. The van der Waals surface area contributed by atoms with Gasteiger partial charge in [-0.15, -0.1) is 5.11 Å². The summed E-state index contributed by atoms with van der Waals surface area (Å²) in [7, 11) is 1.55. The summed E-state index contributed by atoms with van der Waals surface area (Å²) in [4.78, 5) is 12.7. The number of rotatable bonds is 6. The van der Waals surface area contributed by atoms with Crippen LogP contribution in [0.1, 0.15) is 23.1 Å². The van der Waals surface area contributed by atoms with Crippen molar-refractivity contribution in [3.63, 3.8) is 0 Å². The molecule has 2 rings (SSSR count). The van der Waals surface area contributed by atoms with Crippen LogP contribution in [0.3, 0.4) is 0 Å². The van der Waals surface area contributed by atoms with Crippen LogP contribution in [0.5, 0.6) is 5.88 Å². The lowest BCUT2D eigenvalue weighted by Gasteiger charge is -2.12. The first-order valence-electron chi connectivity index (χ1n) is 7.94. The van der Waals surface area contributed by atoms with E-state index in [1.807, 2.05) is 6.07 Å². The Labute approximate surface area is 156 Å². The van der Waals surface area contributed by atoms with Gasteiger partial charge in [0.25, 0.3) is 5.56 Å². The standard InChI is InChI=1S/C18H19ClN4O3/c1-11-13(10-20)17(24)23(8-5-9-26-3)18(25)16(11)22-21-15-7-4-6-14(19)12(15)2/h4,6-7,24H,5,8-9H2,1-3H3. The van der Waals surface area contributed by atoms with Crippen LogP contribution in [-0.2, 0) is 11.3 Å². The first kappa shape index (κ1) is 19.6. The van der Waals surface area contributed by atoms with Crippen LogP contribution in [0.4, 0.5) is 11.4 Å². The van der Waals surface area contributed by atoms with E-state index >= 15 is 0 Å². The topological polar surface area (TPSA) is 100.0 Å². The molecule has 136 valence electrons. The predicted molar refractivity (Wildman–Crippen MR) is 98.7 cm³/mol. The number of ether oxygens (including phenoxy) is 1. The average molecular weight is 375 g/mol. The van der Waals surface area contributed by atoms with Crippen molar-refractivity contribution in [3.05, 3.63) is 50.3 Å². The van der Waals surface area contributed by atoms with Crippen molar-refractivity contribution in [1.29, 1.82) is 5.26 Å². The fourth-order valence-corrected chi connectivity index (χ4v) is 2.61. The summed E-state index contributed by atoms with van der Waals surface area (Å²) >= 11 is 6.07. The van der Waals surface area contributed by atoms with Crippen molar-refractivity contribution >= 4 is 23.0 Å². The smallest absolute Gasteiger partial charge is 0.281 e. The molecule has 1 aromatic carbocycles. The molecular formula is C18H19ClN4O3. The molecule has 7 nitrogen and oxygen atoms in total. The van der Waals surface area contributed by atoms with Gasteiger partial charge in [0.1, 0.15) is 11.6 Å². The number of nitrogens with zero attached hydrogens (tertiary/aromatic N) is 4. The Morgan fingerprint density at radius 3 is 2.69 bits per heavy atom. The molecule has 0 bridgehead atoms. The predicted octanol–water partition coefficient (Wildman–Crippen LogP) is 4.15. The van der Waals surface area contributed by atoms with E-state index in [-0.39, 0.29) is 29.2 Å². The van der Waals surface area contributed by atoms with Crippen LogP contribution in [0, 0.1) is 25.2 Å². The van der Waals surface area contributed by atoms with Crippen molar-refractivity contribution < 1.29 is 9.84 Å². The highest BCUT2D eigenvalue weighted by Gasteiger charge is 2.19. The number of hydrogen-bond acceptors (Lipinski definition) is 6. The molecule has 1 heterocycles. The fraction of sp³-hybridized carbons (Fsp3) is 0.333. The van der Waals surface area contributed by atoms with E-state index in [1.165, 1.54) is 0 Å². The molecule has 0 radical (unpaired) electrons. The van der Waals surface area contributed by atoms with E-state index in [9.17, 15) is 15.2 Å². The second-order valence-corrected chi connectivity index (χ2v) is 6.08. The van der Waals surface area contributed by atoms with Crippen LogP contribution >= 0.6 is 11.6 Å². The van der Waals surface area contributed by atoms with Gasteiger partial charge in [-0.25, -0.2) is 0 Å². The summed E-state index contributed by atoms with van der Waals surface area (Å²) in [6.45, 7) is 3.97. The zero-order chi connectivity index (χ0) is 19.3. The molecule has 1 N–H and O–H groups in total. The first-order chi connectivity index (χ1) is 12.4. The Morgan fingerprint density at radius 2 is 2.04 bits per heavy atom. The third-order valence-electron chi connectivity index (χ3n) is 4.00. The van der Waals surface area contributed by atoms with Gasteiger partial charge in [0.15, 0.2) is 5.69 Å². The number of methoxy groups -OCH3 is 1. The number of pyridine rings is 1. The molecule has 1 aromatic heterocycles. The lowest BCUT2D eigenvalue weighted by atomic mass is 10.1. The Bertz CT molecular complexity index is 945. The third kappa shape index (κ3) is 3.93. The monoisotopic (exact) mass is 374 g/mol. The normalized spacial score (nSPS) is 11.0. The molecule has 0 atom stereocenters. The number of aromatic nitrogens is 1. The lowest BCUT2D eigenvalue weighted by molar-refractivity contribution is 0.188. The van der Waals surface area contributed by atoms with Gasteiger partial charge in [0.05, 0.1) is 5.69 Å². The van der Waals surface area contributed by atoms with E-state index in [2.05, 4.69) is 10.2 Å². The maximum absolute atomic E-state index is 12.7. The highest BCUT2D eigenvalue weighted by Crippen LogP contribution is 2.29. The van der Waals surface area contributed by atoms with Gasteiger partial charge in [0, 0.05) is 30.8 Å². The Kier molecular flexibility index (Phi) is 6.50. The molecule has 0 aliphatic heterocycles. The van der Waals surface area contributed by atoms with Gasteiger partial charge >= 0.3 is 0 Å². The molecule has 0 fully saturated rings. The summed E-state index contributed by atoms with van der Waals surface area (Å²) in [5.74, 6) is -0.371. The highest BCUT2D eigenvalue weighted by atomic mass is 35.5. The van der Waals surface area contributed by atoms with Gasteiger partial charge < -0.3 is 9.84 Å². The summed E-state index contributed by atoms with van der Waals surface area (Å²) < 4.78 is 6.08. The van der Waals surface area contributed by atoms with E-state index in [1.54, 1.807) is 39.2 Å². The number of benzene rings is 1. The summed E-state index contributed by atoms with van der Waals surface area (Å²) in [5.41, 5.74) is 1.03. The molecule has 0 saturated carbocycles. The Balaban J connectivity index is 2.55. The maximum atomic E-state index is 12.7. The lowest BCUT2D eigenvalue weighted by Crippen LogP contribution is -2.22. The minimum Gasteiger partial charge on any atom is -0.493 e. The van der Waals surface area contributed by atoms with Gasteiger partial charge in [-0.3, -0.25) is 9.36 Å². The van der Waals surface area contributed by atoms with Gasteiger partial charge in [-0.1, -0.05) is 17.7 Å². The van der Waals surface area contributed by atoms with E-state index < -0.39 is 5.56 Å². The van der Waals surface area contributed by atoms with Crippen LogP contribution < -0.4 is 5.56 Å². The number of azo groups is 1. The number of aromatic hydroxyl groups is 1. The molecule has 2 aromatic rings. The molecule has 0 amide bonds. The molecule has 0 aliphatic rings. The van der Waals surface area contributed by atoms with Crippen LogP contribution in [0.2, 0.25) is 5.02 Å². The summed E-state index contributed by atoms with van der Waals surface area (Å²) in [6, 6.07) is 7.11. The van der Waals surface area contributed by atoms with Crippen molar-refractivity contribution in [2.75, 3.05) is 13.7 Å². The van der Waals surface area contributed by atoms with Crippen LogP contribution in [0.15, 0.2) is 33.2 Å². The Hall–Kier alpha value is -2.69. The number of nitriles is 1. The fourth-order valence-electron chi connectivity index (χ4n) is 2.44. The Morgan fingerprint density at radius 1 is 1.31 bits per heavy atom. The highest BCUT2D eigenvalue weighted by molar-refractivity contribution is 6.31. The van der Waals surface area contributed by atoms with Gasteiger partial charge in [0.2, 0.25) is 5.88 Å². The number of hydrogen-bond donors (Lipinski definition) is 1. The molecule has 26 heavy (non-hydrogen) atoms. The van der Waals surface area contributed by atoms with E-state index in [0.717, 1.165) is 10.1 Å². The summed E-state index contributed by atoms with van der Waals surface area (Å²) in [6.07, 6.45) is 0.502. The van der Waals surface area contributed by atoms with Crippen LogP contribution in [-0.4, -0.2) is 23.4 Å². The van der Waals surface area contributed by atoms with Crippen molar-refractivity contribution in [3.8, 4) is 11.9 Å². The number of halogens is 1. The average Bonchev–Trinajstić information content (AvgIpc) is 2.61. The van der Waals surface area contributed by atoms with Crippen molar-refractivity contribution in [2.24, 2.45) is 10.2 Å². The largest absolute Gasteiger partial charge is 0.493 e. The van der Waals surface area contributed by atoms with Crippen molar-refractivity contribution in [1.82, 2.24) is 4.57 Å². The molecule has 0 saturated heterocycles. The zero-order valence-corrected chi connectivity index (χ0v) is 15.5. The van der Waals surface area contributed by atoms with Crippen LogP contribution in [0.25, 0.3) is 0 Å². The SMILES string of the molecule is COCCCn1c(O)c(C#N)c(C)c(N=Nc2cccc(Cl)c2C)c1=O. The minimum absolute atomic E-state index is 0.00113. The second-order valence-electron chi connectivity index (χ2n) is 5.67. The van der Waals surface area contributed by atoms with Gasteiger partial charge in [-0.2, -0.15) is 10.4 Å². The molecule has 8 heteroatoms. The minimum atomic E-state index is -0.515. The molecule has 0 spiro atoms. The maximum Gasteiger partial charge on any atom is 0.281 e. The summed E-state index contributed by atoms with van der Waals surface area (Å²) in [5, 5.41) is 28.3. The quantitative estimate of drug-likeness (QED) is 0.606. The second kappa shape index (κ2) is 8.61. The zero-order valence-electron chi connectivity index (χ0n) is 14.8. The van der Waals surface area contributed by atoms with E-state index in [0.29, 0.717) is 23.7 Å². The first-order valence-corrected chi connectivity index (χ1v) is 8.32.